The molecule has 5 saturated carbocycles. The van der Waals surface area contributed by atoms with Gasteiger partial charge in [0.05, 0.1) is 5.41 Å². The second kappa shape index (κ2) is 12.0. The van der Waals surface area contributed by atoms with Gasteiger partial charge in [0.1, 0.15) is 5.82 Å². The van der Waals surface area contributed by atoms with E-state index in [-0.39, 0.29) is 40.8 Å². The zero-order valence-corrected chi connectivity index (χ0v) is 26.3. The Bertz CT molecular complexity index is 1220. The molecule has 10 heteroatoms. The predicted octanol–water partition coefficient (Wildman–Crippen LogP) is 5.00. The van der Waals surface area contributed by atoms with Crippen LogP contribution in [-0.2, 0) is 24.1 Å². The van der Waals surface area contributed by atoms with Gasteiger partial charge < -0.3 is 20.7 Å². The molecule has 44 heavy (non-hydrogen) atoms. The number of carbonyl (C=O) groups excluding carboxylic acids is 3. The zero-order valence-electron chi connectivity index (χ0n) is 26.3. The highest BCUT2D eigenvalue weighted by atomic mass is 18.2. The standard InChI is InChI=1S/C34H48FN3O6/c1-31(2,3)21-38-28(39)17-22-9-11-33(12-10-22)42-34(44-43-33)25-15-23-16-26(34)20-32(18-23,19-25)30(41)37-14-4-13-36-29(40)24-5-7-27(35)8-6-24/h5-8,22-23,25-26H,4,9-21H2,1-3H3,(H,36,40)(H,37,41)(H,38,39)/i35-1. The van der Waals surface area contributed by atoms with Gasteiger partial charge in [-0.2, -0.15) is 9.78 Å². The molecule has 0 radical (unpaired) electrons. The molecule has 0 aromatic heterocycles. The van der Waals surface area contributed by atoms with Crippen LogP contribution in [-0.4, -0.2) is 48.9 Å². The fourth-order valence-corrected chi connectivity index (χ4v) is 8.56. The predicted molar refractivity (Wildman–Crippen MR) is 160 cm³/mol. The lowest BCUT2D eigenvalue weighted by molar-refractivity contribution is -0.393. The van der Waals surface area contributed by atoms with Gasteiger partial charge in [0.15, 0.2) is 0 Å². The number of nitrogens with one attached hydrogen (secondary N) is 3. The average molecular weight is 613 g/mol. The Balaban J connectivity index is 0.978. The van der Waals surface area contributed by atoms with Gasteiger partial charge in [-0.25, -0.2) is 4.39 Å². The number of hydrogen-bond acceptors (Lipinski definition) is 6. The third-order valence-corrected chi connectivity index (χ3v) is 10.7. The molecule has 1 aromatic rings. The molecule has 242 valence electrons. The molecule has 6 aliphatic rings. The van der Waals surface area contributed by atoms with Crippen molar-refractivity contribution in [2.45, 2.75) is 103 Å². The lowest BCUT2D eigenvalue weighted by Crippen LogP contribution is -2.65. The molecule has 2 unspecified atom stereocenters. The SMILES string of the molecule is CC(C)(C)CNC(=O)CC1CCC2(CC1)OOC1(O2)C2CC3CC1CC(C(=O)NCCCNC(=O)c1ccc([18F])cc1)(C3)C2. The molecule has 6 fully saturated rings. The average Bonchev–Trinajstić information content (AvgIpc) is 3.35. The van der Waals surface area contributed by atoms with E-state index in [1.807, 2.05) is 0 Å². The first-order valence-electron chi connectivity index (χ1n) is 16.6. The lowest BCUT2D eigenvalue weighted by atomic mass is 9.47. The van der Waals surface area contributed by atoms with E-state index in [1.54, 1.807) is 0 Å². The largest absolute Gasteiger partial charge is 0.356 e. The van der Waals surface area contributed by atoms with Crippen LogP contribution < -0.4 is 16.0 Å². The Morgan fingerprint density at radius 3 is 2.23 bits per heavy atom. The topological polar surface area (TPSA) is 115 Å². The minimum absolute atomic E-state index is 0.0631. The van der Waals surface area contributed by atoms with E-state index < -0.39 is 17.0 Å². The smallest absolute Gasteiger partial charge is 0.251 e. The molecule has 3 N–H and O–H groups in total. The third kappa shape index (κ3) is 6.40. The van der Waals surface area contributed by atoms with E-state index in [9.17, 15) is 18.8 Å². The zero-order chi connectivity index (χ0) is 31.2. The first-order valence-corrected chi connectivity index (χ1v) is 16.6. The number of benzene rings is 1. The Morgan fingerprint density at radius 2 is 1.57 bits per heavy atom. The van der Waals surface area contributed by atoms with Crippen molar-refractivity contribution in [3.63, 3.8) is 0 Å². The van der Waals surface area contributed by atoms with Crippen molar-refractivity contribution in [1.82, 2.24) is 16.0 Å². The molecule has 3 amide bonds. The van der Waals surface area contributed by atoms with Gasteiger partial charge in [-0.15, -0.1) is 0 Å². The first kappa shape index (κ1) is 31.4. The summed E-state index contributed by atoms with van der Waals surface area (Å²) in [7, 11) is 0. The molecule has 2 atom stereocenters. The van der Waals surface area contributed by atoms with E-state index in [4.69, 9.17) is 14.5 Å². The monoisotopic (exact) mass is 612 g/mol. The van der Waals surface area contributed by atoms with Crippen molar-refractivity contribution < 1.29 is 33.3 Å². The van der Waals surface area contributed by atoms with Gasteiger partial charge in [-0.1, -0.05) is 20.8 Å². The molecular formula is C34H48FN3O6. The number of hydrogen-bond donors (Lipinski definition) is 3. The summed E-state index contributed by atoms with van der Waals surface area (Å²) in [6, 6.07) is 5.44. The molecule has 1 aromatic carbocycles. The highest BCUT2D eigenvalue weighted by Gasteiger charge is 2.71. The van der Waals surface area contributed by atoms with Crippen LogP contribution in [0.1, 0.15) is 102 Å². The number of amides is 3. The minimum Gasteiger partial charge on any atom is -0.356 e. The molecule has 9 nitrogen and oxygen atoms in total. The lowest BCUT2D eigenvalue weighted by Gasteiger charge is -2.61. The summed E-state index contributed by atoms with van der Waals surface area (Å²) >= 11 is 0. The van der Waals surface area contributed by atoms with Crippen LogP contribution in [0.4, 0.5) is 4.39 Å². The van der Waals surface area contributed by atoms with E-state index >= 15 is 0 Å². The van der Waals surface area contributed by atoms with Gasteiger partial charge in [-0.05, 0) is 92.9 Å². The molecule has 1 heterocycles. The van der Waals surface area contributed by atoms with E-state index in [1.165, 1.54) is 24.3 Å². The summed E-state index contributed by atoms with van der Waals surface area (Å²) in [5.74, 6) is -0.981. The van der Waals surface area contributed by atoms with Crippen LogP contribution in [0.25, 0.3) is 0 Å². The summed E-state index contributed by atoms with van der Waals surface area (Å²) in [4.78, 5) is 50.6. The molecule has 4 bridgehead atoms. The number of rotatable bonds is 9. The summed E-state index contributed by atoms with van der Waals surface area (Å²) in [5.41, 5.74) is 0.0554. The van der Waals surface area contributed by atoms with Crippen molar-refractivity contribution in [2.75, 3.05) is 19.6 Å². The Kier molecular flexibility index (Phi) is 8.56. The van der Waals surface area contributed by atoms with E-state index in [0.717, 1.165) is 44.9 Å². The highest BCUT2D eigenvalue weighted by Crippen LogP contribution is 2.67. The summed E-state index contributed by atoms with van der Waals surface area (Å²) in [6.45, 7) is 7.91. The highest BCUT2D eigenvalue weighted by molar-refractivity contribution is 5.94. The molecule has 5 aliphatic carbocycles. The Hall–Kier alpha value is -2.56. The van der Waals surface area contributed by atoms with Crippen molar-refractivity contribution in [1.29, 1.82) is 0 Å². The fraction of sp³-hybridized carbons (Fsp3) is 0.735. The summed E-state index contributed by atoms with van der Waals surface area (Å²) in [5, 5.41) is 9.05. The maximum Gasteiger partial charge on any atom is 0.251 e. The van der Waals surface area contributed by atoms with Gasteiger partial charge in [0.2, 0.25) is 23.4 Å². The molecule has 1 saturated heterocycles. The Morgan fingerprint density at radius 1 is 0.909 bits per heavy atom. The van der Waals surface area contributed by atoms with E-state index in [0.29, 0.717) is 62.7 Å². The summed E-state index contributed by atoms with van der Waals surface area (Å²) in [6.07, 6.45) is 8.58. The van der Waals surface area contributed by atoms with Crippen molar-refractivity contribution >= 4 is 17.7 Å². The van der Waals surface area contributed by atoms with Crippen molar-refractivity contribution in [2.24, 2.45) is 34.5 Å². The minimum atomic E-state index is -0.789. The van der Waals surface area contributed by atoms with Crippen molar-refractivity contribution in [3.8, 4) is 0 Å². The van der Waals surface area contributed by atoms with Crippen LogP contribution in [0, 0.1) is 40.3 Å². The van der Waals surface area contributed by atoms with Crippen LogP contribution >= 0.6 is 0 Å². The molecule has 7 rings (SSSR count). The van der Waals surface area contributed by atoms with Gasteiger partial charge in [0, 0.05) is 56.3 Å². The number of ether oxygens (including phenoxy) is 1. The molecular weight excluding hydrogens is 564 g/mol. The third-order valence-electron chi connectivity index (χ3n) is 10.7. The van der Waals surface area contributed by atoms with Crippen LogP contribution in [0.15, 0.2) is 24.3 Å². The quantitative estimate of drug-likeness (QED) is 0.267. The van der Waals surface area contributed by atoms with Crippen LogP contribution in [0.3, 0.4) is 0 Å². The van der Waals surface area contributed by atoms with E-state index in [2.05, 4.69) is 36.7 Å². The van der Waals surface area contributed by atoms with Crippen molar-refractivity contribution in [3.05, 3.63) is 35.6 Å². The van der Waals surface area contributed by atoms with Crippen LogP contribution in [0.2, 0.25) is 0 Å². The number of halogens is 1. The molecule has 1 aliphatic heterocycles. The van der Waals surface area contributed by atoms with Gasteiger partial charge in [0.25, 0.3) is 5.91 Å². The Labute approximate surface area is 259 Å². The fourth-order valence-electron chi connectivity index (χ4n) is 8.56. The van der Waals surface area contributed by atoms with Gasteiger partial charge in [-0.3, -0.25) is 14.4 Å². The number of carbonyl (C=O) groups is 3. The van der Waals surface area contributed by atoms with Gasteiger partial charge >= 0.3 is 0 Å². The first-order chi connectivity index (χ1) is 20.9. The normalized spacial score (nSPS) is 35.6. The van der Waals surface area contributed by atoms with Crippen LogP contribution in [0.5, 0.6) is 0 Å². The summed E-state index contributed by atoms with van der Waals surface area (Å²) < 4.78 is 20.0. The molecule has 2 spiro atoms. The second-order valence-electron chi connectivity index (χ2n) is 15.4. The second-order valence-corrected chi connectivity index (χ2v) is 15.4. The maximum atomic E-state index is 13.6. The maximum absolute atomic E-state index is 13.6.